The Morgan fingerprint density at radius 2 is 1.90 bits per heavy atom. The number of hydrogen-bond donors (Lipinski definition) is 3. The zero-order valence-corrected chi connectivity index (χ0v) is 18.3. The summed E-state index contributed by atoms with van der Waals surface area (Å²) < 4.78 is 20.1. The van der Waals surface area contributed by atoms with Crippen molar-refractivity contribution in [3.63, 3.8) is 0 Å². The van der Waals surface area contributed by atoms with Crippen molar-refractivity contribution < 1.29 is 13.6 Å². The number of nitrogens with zero attached hydrogens (tertiary/aromatic N) is 2. The smallest absolute Gasteiger partial charge is 0.253 e. The predicted molar refractivity (Wildman–Crippen MR) is 121 cm³/mol. The first-order chi connectivity index (χ1) is 14.9. The van der Waals surface area contributed by atoms with Crippen molar-refractivity contribution in [1.29, 1.82) is 0 Å². The van der Waals surface area contributed by atoms with Gasteiger partial charge in [0.25, 0.3) is 5.91 Å². The highest BCUT2D eigenvalue weighted by Crippen LogP contribution is 2.30. The van der Waals surface area contributed by atoms with Gasteiger partial charge in [0, 0.05) is 23.3 Å². The van der Waals surface area contributed by atoms with Crippen molar-refractivity contribution in [3.05, 3.63) is 75.9 Å². The molecule has 0 radical (unpaired) electrons. The summed E-state index contributed by atoms with van der Waals surface area (Å²) in [4.78, 5) is 24.9. The monoisotopic (exact) mass is 474 g/mol. The Balaban J connectivity index is 1.50. The van der Waals surface area contributed by atoms with E-state index in [0.717, 1.165) is 5.56 Å². The van der Waals surface area contributed by atoms with Gasteiger partial charge in [-0.05, 0) is 48.4 Å². The lowest BCUT2D eigenvalue weighted by atomic mass is 10.1. The van der Waals surface area contributed by atoms with Gasteiger partial charge in [0.2, 0.25) is 0 Å². The lowest BCUT2D eigenvalue weighted by Crippen LogP contribution is -2.26. The minimum atomic E-state index is -2.00. The maximum atomic E-state index is 12.7. The molecule has 158 valence electrons. The van der Waals surface area contributed by atoms with Gasteiger partial charge in [-0.15, -0.1) is 0 Å². The summed E-state index contributed by atoms with van der Waals surface area (Å²) in [5.41, 5.74) is 2.93. The molecule has 2 aromatic carbocycles. The molecule has 2 aromatic heterocycles. The highest BCUT2D eigenvalue weighted by molar-refractivity contribution is 7.79. The number of carbonyl (C=O) groups excluding carboxylic acids is 1. The van der Waals surface area contributed by atoms with Crippen LogP contribution in [0.4, 0.5) is 0 Å². The Labute approximate surface area is 190 Å². The van der Waals surface area contributed by atoms with Gasteiger partial charge in [0.15, 0.2) is 16.7 Å². The van der Waals surface area contributed by atoms with Gasteiger partial charge in [0.05, 0.1) is 21.0 Å². The van der Waals surface area contributed by atoms with Crippen molar-refractivity contribution >= 4 is 51.4 Å². The molecule has 0 saturated heterocycles. The zero-order valence-electron chi connectivity index (χ0n) is 15.9. The molecule has 4 rings (SSSR count). The molecule has 2 heterocycles. The van der Waals surface area contributed by atoms with Crippen LogP contribution < -0.4 is 5.32 Å². The Morgan fingerprint density at radius 1 is 1.13 bits per heavy atom. The molecular formula is C21H16Cl2N4O3S. The highest BCUT2D eigenvalue weighted by atomic mass is 35.5. The Morgan fingerprint density at radius 3 is 2.61 bits per heavy atom. The molecule has 0 saturated carbocycles. The van der Waals surface area contributed by atoms with Gasteiger partial charge in [-0.1, -0.05) is 35.3 Å². The SMILES string of the molecule is O=C(NCCc1ccc(S(=O)O)cc1)c1ccnc2nc(-c3ccc(Cl)cc3Cl)[nH]c12. The average molecular weight is 475 g/mol. The summed E-state index contributed by atoms with van der Waals surface area (Å²) in [6, 6.07) is 13.4. The van der Waals surface area contributed by atoms with E-state index in [9.17, 15) is 9.00 Å². The summed E-state index contributed by atoms with van der Waals surface area (Å²) in [5.74, 6) is 0.226. The van der Waals surface area contributed by atoms with Crippen LogP contribution in [0, 0.1) is 0 Å². The molecule has 0 spiro atoms. The number of nitrogens with one attached hydrogen (secondary N) is 2. The fourth-order valence-corrected chi connectivity index (χ4v) is 3.96. The second-order valence-electron chi connectivity index (χ2n) is 6.67. The molecule has 0 aliphatic carbocycles. The summed E-state index contributed by atoms with van der Waals surface area (Å²) >= 11 is 10.2. The molecule has 4 aromatic rings. The van der Waals surface area contributed by atoms with Crippen molar-refractivity contribution in [2.75, 3.05) is 6.54 Å². The van der Waals surface area contributed by atoms with Crippen molar-refractivity contribution in [2.45, 2.75) is 11.3 Å². The van der Waals surface area contributed by atoms with E-state index in [1.54, 1.807) is 48.5 Å². The number of aromatic nitrogens is 3. The number of aromatic amines is 1. The Kier molecular flexibility index (Phi) is 6.33. The van der Waals surface area contributed by atoms with Crippen LogP contribution in [-0.2, 0) is 17.5 Å². The summed E-state index contributed by atoms with van der Waals surface area (Å²) in [5, 5.41) is 3.83. The molecule has 1 atom stereocenters. The minimum absolute atomic E-state index is 0.266. The summed E-state index contributed by atoms with van der Waals surface area (Å²) in [7, 11) is 0. The van der Waals surface area contributed by atoms with E-state index in [2.05, 4.69) is 20.3 Å². The molecule has 0 bridgehead atoms. The summed E-state index contributed by atoms with van der Waals surface area (Å²) in [6.07, 6.45) is 2.10. The second-order valence-corrected chi connectivity index (χ2v) is 8.48. The van der Waals surface area contributed by atoms with Crippen LogP contribution in [0.25, 0.3) is 22.6 Å². The van der Waals surface area contributed by atoms with Crippen molar-refractivity contribution in [2.24, 2.45) is 0 Å². The van der Waals surface area contributed by atoms with Crippen LogP contribution in [0.2, 0.25) is 10.0 Å². The van der Waals surface area contributed by atoms with E-state index < -0.39 is 11.1 Å². The number of halogens is 2. The number of carbonyl (C=O) groups is 1. The van der Waals surface area contributed by atoms with Crippen LogP contribution in [0.3, 0.4) is 0 Å². The lowest BCUT2D eigenvalue weighted by Gasteiger charge is -2.06. The number of fused-ring (bicyclic) bond motifs is 1. The van der Waals surface area contributed by atoms with Crippen LogP contribution in [0.5, 0.6) is 0 Å². The van der Waals surface area contributed by atoms with Crippen LogP contribution in [0.15, 0.2) is 59.6 Å². The van der Waals surface area contributed by atoms with Crippen LogP contribution in [0.1, 0.15) is 15.9 Å². The van der Waals surface area contributed by atoms with E-state index in [4.69, 9.17) is 27.8 Å². The average Bonchev–Trinajstić information content (AvgIpc) is 3.18. The van der Waals surface area contributed by atoms with Gasteiger partial charge in [-0.3, -0.25) is 4.79 Å². The molecule has 0 aliphatic heterocycles. The fraction of sp³-hybridized carbons (Fsp3) is 0.0952. The third-order valence-electron chi connectivity index (χ3n) is 4.65. The molecule has 1 amide bonds. The quantitative estimate of drug-likeness (QED) is 0.357. The van der Waals surface area contributed by atoms with Crippen LogP contribution in [-0.4, -0.2) is 36.2 Å². The normalized spacial score (nSPS) is 12.1. The second kappa shape index (κ2) is 9.15. The lowest BCUT2D eigenvalue weighted by molar-refractivity contribution is 0.0955. The van der Waals surface area contributed by atoms with E-state index in [1.165, 1.54) is 6.20 Å². The predicted octanol–water partition coefficient (Wildman–Crippen LogP) is 4.48. The maximum absolute atomic E-state index is 12.7. The molecule has 3 N–H and O–H groups in total. The standard InChI is InChI=1S/C21H16Cl2N4O3S/c22-13-3-6-15(17(23)11-13)19-26-18-16(8-10-24-20(18)27-19)21(28)25-9-7-12-1-4-14(5-2-12)31(29)30/h1-6,8,10-11H,7,9H2,(H,25,28)(H,29,30)(H,24,26,27). The number of benzene rings is 2. The number of rotatable bonds is 6. The first-order valence-corrected chi connectivity index (χ1v) is 11.1. The number of pyridine rings is 1. The Bertz CT molecular complexity index is 1290. The van der Waals surface area contributed by atoms with Crippen molar-refractivity contribution in [1.82, 2.24) is 20.3 Å². The molecule has 10 heteroatoms. The van der Waals surface area contributed by atoms with E-state index >= 15 is 0 Å². The third-order valence-corrected chi connectivity index (χ3v) is 5.87. The molecule has 31 heavy (non-hydrogen) atoms. The molecule has 1 unspecified atom stereocenters. The van der Waals surface area contributed by atoms with Crippen molar-refractivity contribution in [3.8, 4) is 11.4 Å². The first kappa shape index (κ1) is 21.5. The van der Waals surface area contributed by atoms with E-state index in [1.807, 2.05) is 0 Å². The van der Waals surface area contributed by atoms with Crippen LogP contribution >= 0.6 is 23.2 Å². The third kappa shape index (κ3) is 4.77. The van der Waals surface area contributed by atoms with Gasteiger partial charge < -0.3 is 14.9 Å². The minimum Gasteiger partial charge on any atom is -0.352 e. The maximum Gasteiger partial charge on any atom is 0.253 e. The first-order valence-electron chi connectivity index (χ1n) is 9.20. The van der Waals surface area contributed by atoms with Gasteiger partial charge in [-0.2, -0.15) is 0 Å². The van der Waals surface area contributed by atoms with Gasteiger partial charge in [0.1, 0.15) is 5.82 Å². The molecule has 0 fully saturated rings. The molecule has 0 aliphatic rings. The highest BCUT2D eigenvalue weighted by Gasteiger charge is 2.16. The number of amides is 1. The number of H-pyrrole nitrogens is 1. The van der Waals surface area contributed by atoms with Gasteiger partial charge >= 0.3 is 0 Å². The number of imidazole rings is 1. The van der Waals surface area contributed by atoms with E-state index in [-0.39, 0.29) is 5.91 Å². The molecule has 7 nitrogen and oxygen atoms in total. The fourth-order valence-electron chi connectivity index (χ4n) is 3.10. The number of hydrogen-bond acceptors (Lipinski definition) is 4. The summed E-state index contributed by atoms with van der Waals surface area (Å²) in [6.45, 7) is 0.397. The molecular weight excluding hydrogens is 459 g/mol. The topological polar surface area (TPSA) is 108 Å². The Hall–Kier alpha value is -2.78. The van der Waals surface area contributed by atoms with E-state index in [0.29, 0.717) is 56.0 Å². The zero-order chi connectivity index (χ0) is 22.0. The largest absolute Gasteiger partial charge is 0.352 e. The van der Waals surface area contributed by atoms with Gasteiger partial charge in [-0.25, -0.2) is 14.2 Å².